The van der Waals surface area contributed by atoms with Crippen LogP contribution < -0.4 is 16.0 Å². The van der Waals surface area contributed by atoms with Crippen LogP contribution in [0.2, 0.25) is 0 Å². The second kappa shape index (κ2) is 10.0. The Morgan fingerprint density at radius 2 is 1.92 bits per heavy atom. The summed E-state index contributed by atoms with van der Waals surface area (Å²) in [5.41, 5.74) is 6.87. The summed E-state index contributed by atoms with van der Waals surface area (Å²) in [7, 11) is 0. The number of aromatic nitrogens is 3. The molecule has 7 nitrogen and oxygen atoms in total. The number of aromatic amines is 1. The Balaban J connectivity index is 0.00000144. The molecule has 2 heterocycles. The van der Waals surface area contributed by atoms with Gasteiger partial charge in [-0.2, -0.15) is 4.98 Å². The molecule has 0 bridgehead atoms. The predicted octanol–water partition coefficient (Wildman–Crippen LogP) is 2.36. The van der Waals surface area contributed by atoms with E-state index in [1.54, 1.807) is 0 Å². The number of benzene rings is 1. The molecule has 1 fully saturated rings. The number of hydrogen-bond donors (Lipinski definition) is 3. The van der Waals surface area contributed by atoms with E-state index < -0.39 is 0 Å². The van der Waals surface area contributed by atoms with Crippen molar-refractivity contribution in [1.82, 2.24) is 15.2 Å². The lowest BCUT2D eigenvalue weighted by Crippen LogP contribution is -2.37. The summed E-state index contributed by atoms with van der Waals surface area (Å²) >= 11 is 3.42. The lowest BCUT2D eigenvalue weighted by atomic mass is 10.2. The topological polar surface area (TPSA) is 92.1 Å². The molecule has 2 aromatic rings. The van der Waals surface area contributed by atoms with E-state index in [9.17, 15) is 0 Å². The summed E-state index contributed by atoms with van der Waals surface area (Å²) < 4.78 is 6.38. The highest BCUT2D eigenvalue weighted by Crippen LogP contribution is 2.20. The molecule has 1 aromatic carbocycles. The van der Waals surface area contributed by atoms with Gasteiger partial charge in [0.25, 0.3) is 0 Å². The van der Waals surface area contributed by atoms with E-state index in [2.05, 4.69) is 41.3 Å². The van der Waals surface area contributed by atoms with Crippen molar-refractivity contribution in [2.75, 3.05) is 43.1 Å². The Morgan fingerprint density at radius 3 is 2.54 bits per heavy atom. The zero-order chi connectivity index (χ0) is 15.4. The normalized spacial score (nSPS) is 15.2. The van der Waals surface area contributed by atoms with Crippen LogP contribution in [0.5, 0.6) is 0 Å². The molecule has 0 radical (unpaired) electrons. The van der Waals surface area contributed by atoms with E-state index in [0.29, 0.717) is 25.7 Å². The van der Waals surface area contributed by atoms with Gasteiger partial charge in [-0.15, -0.1) is 29.9 Å². The largest absolute Gasteiger partial charge is 0.378 e. The van der Waals surface area contributed by atoms with Crippen molar-refractivity contribution in [3.05, 3.63) is 34.6 Å². The molecule has 10 heteroatoms. The summed E-state index contributed by atoms with van der Waals surface area (Å²) in [4.78, 5) is 6.68. The van der Waals surface area contributed by atoms with Gasteiger partial charge in [-0.1, -0.05) is 15.9 Å². The summed E-state index contributed by atoms with van der Waals surface area (Å²) in [5.74, 6) is 1.45. The monoisotopic (exact) mass is 438 g/mol. The fourth-order valence-electron chi connectivity index (χ4n) is 2.31. The number of morpholine rings is 1. The van der Waals surface area contributed by atoms with Crippen molar-refractivity contribution < 1.29 is 4.74 Å². The van der Waals surface area contributed by atoms with Crippen molar-refractivity contribution in [3.8, 4) is 0 Å². The standard InChI is InChI=1S/C14H19BrN6O.2ClH/c15-10-1-3-11(4-2-10)17-12(9-16)13-18-14(20-19-13)21-5-7-22-8-6-21;;/h1-4,12,17H,5-9,16H2,(H,18,19,20);2*1H. The molecule has 0 spiro atoms. The van der Waals surface area contributed by atoms with Gasteiger partial charge in [0.05, 0.1) is 19.3 Å². The number of anilines is 2. The molecule has 24 heavy (non-hydrogen) atoms. The van der Waals surface area contributed by atoms with Gasteiger partial charge >= 0.3 is 0 Å². The van der Waals surface area contributed by atoms with Gasteiger partial charge in [-0.05, 0) is 24.3 Å². The number of halogens is 3. The number of H-pyrrole nitrogens is 1. The zero-order valence-electron chi connectivity index (χ0n) is 12.9. The molecule has 1 atom stereocenters. The van der Waals surface area contributed by atoms with Gasteiger partial charge < -0.3 is 20.7 Å². The fraction of sp³-hybridized carbons (Fsp3) is 0.429. The van der Waals surface area contributed by atoms with E-state index in [0.717, 1.165) is 29.1 Å². The maximum Gasteiger partial charge on any atom is 0.244 e. The van der Waals surface area contributed by atoms with E-state index >= 15 is 0 Å². The van der Waals surface area contributed by atoms with Gasteiger partial charge in [0, 0.05) is 29.8 Å². The highest BCUT2D eigenvalue weighted by Gasteiger charge is 2.19. The zero-order valence-corrected chi connectivity index (χ0v) is 16.2. The first-order valence-electron chi connectivity index (χ1n) is 7.23. The molecule has 134 valence electrons. The smallest absolute Gasteiger partial charge is 0.244 e. The highest BCUT2D eigenvalue weighted by molar-refractivity contribution is 9.10. The van der Waals surface area contributed by atoms with Crippen LogP contribution in [0.15, 0.2) is 28.7 Å². The molecule has 1 aliphatic rings. The van der Waals surface area contributed by atoms with Gasteiger partial charge in [-0.25, -0.2) is 0 Å². The number of ether oxygens (including phenoxy) is 1. The Morgan fingerprint density at radius 1 is 1.25 bits per heavy atom. The van der Waals surface area contributed by atoms with Gasteiger partial charge in [0.15, 0.2) is 0 Å². The Bertz CT molecular complexity index is 606. The van der Waals surface area contributed by atoms with E-state index in [1.807, 2.05) is 24.3 Å². The number of hydrogen-bond acceptors (Lipinski definition) is 6. The molecule has 0 aliphatic carbocycles. The Hall–Kier alpha value is -1.06. The maximum absolute atomic E-state index is 5.88. The molecular formula is C14H21BrCl2N6O. The quantitative estimate of drug-likeness (QED) is 0.662. The summed E-state index contributed by atoms with van der Waals surface area (Å²) in [5, 5.41) is 10.7. The minimum absolute atomic E-state index is 0. The van der Waals surface area contributed by atoms with Crippen LogP contribution in [-0.2, 0) is 4.74 Å². The molecule has 1 unspecified atom stereocenters. The second-order valence-electron chi connectivity index (χ2n) is 5.06. The maximum atomic E-state index is 5.88. The Kier molecular flexibility index (Phi) is 8.79. The van der Waals surface area contributed by atoms with E-state index in [4.69, 9.17) is 10.5 Å². The number of nitrogens with zero attached hydrogens (tertiary/aromatic N) is 3. The summed E-state index contributed by atoms with van der Waals surface area (Å²) in [6.45, 7) is 3.46. The number of nitrogens with two attached hydrogens (primary N) is 1. The van der Waals surface area contributed by atoms with Crippen molar-refractivity contribution in [3.63, 3.8) is 0 Å². The molecule has 1 aromatic heterocycles. The SMILES string of the molecule is Cl.Cl.NCC(Nc1ccc(Br)cc1)c1nc(N2CCOCC2)n[nH]1. The predicted molar refractivity (Wildman–Crippen MR) is 103 cm³/mol. The fourth-order valence-corrected chi connectivity index (χ4v) is 2.58. The van der Waals surface area contributed by atoms with Gasteiger partial charge in [0.2, 0.25) is 5.95 Å². The van der Waals surface area contributed by atoms with Crippen molar-refractivity contribution >= 4 is 52.4 Å². The average molecular weight is 440 g/mol. The second-order valence-corrected chi connectivity index (χ2v) is 5.98. The molecule has 3 rings (SSSR count). The summed E-state index contributed by atoms with van der Waals surface area (Å²) in [6.07, 6.45) is 0. The third-order valence-corrected chi connectivity index (χ3v) is 4.06. The first-order valence-corrected chi connectivity index (χ1v) is 8.03. The van der Waals surface area contributed by atoms with Crippen LogP contribution in [0.4, 0.5) is 11.6 Å². The van der Waals surface area contributed by atoms with Crippen LogP contribution in [0.3, 0.4) is 0 Å². The molecule has 4 N–H and O–H groups in total. The summed E-state index contributed by atoms with van der Waals surface area (Å²) in [6, 6.07) is 7.84. The third-order valence-electron chi connectivity index (χ3n) is 3.54. The van der Waals surface area contributed by atoms with Crippen LogP contribution in [0.25, 0.3) is 0 Å². The van der Waals surface area contributed by atoms with E-state index in [-0.39, 0.29) is 30.9 Å². The minimum Gasteiger partial charge on any atom is -0.378 e. The van der Waals surface area contributed by atoms with Crippen LogP contribution in [-0.4, -0.2) is 48.0 Å². The lowest BCUT2D eigenvalue weighted by Gasteiger charge is -2.25. The van der Waals surface area contributed by atoms with Crippen LogP contribution >= 0.6 is 40.7 Å². The average Bonchev–Trinajstić information content (AvgIpc) is 3.05. The number of rotatable bonds is 5. The number of nitrogens with one attached hydrogen (secondary N) is 2. The lowest BCUT2D eigenvalue weighted by molar-refractivity contribution is 0.122. The van der Waals surface area contributed by atoms with E-state index in [1.165, 1.54) is 0 Å². The first-order chi connectivity index (χ1) is 10.8. The van der Waals surface area contributed by atoms with Crippen molar-refractivity contribution in [1.29, 1.82) is 0 Å². The van der Waals surface area contributed by atoms with Gasteiger partial charge in [-0.3, -0.25) is 5.10 Å². The first kappa shape index (κ1) is 21.0. The van der Waals surface area contributed by atoms with Gasteiger partial charge in [0.1, 0.15) is 5.82 Å². The minimum atomic E-state index is -0.108. The molecular weight excluding hydrogens is 419 g/mol. The van der Waals surface area contributed by atoms with Crippen LogP contribution in [0.1, 0.15) is 11.9 Å². The highest BCUT2D eigenvalue weighted by atomic mass is 79.9. The van der Waals surface area contributed by atoms with Crippen molar-refractivity contribution in [2.24, 2.45) is 5.73 Å². The third kappa shape index (κ3) is 5.22. The Labute approximate surface area is 161 Å². The molecule has 0 amide bonds. The van der Waals surface area contributed by atoms with Crippen LogP contribution in [0, 0.1) is 0 Å². The molecule has 0 saturated carbocycles. The van der Waals surface area contributed by atoms with Crippen molar-refractivity contribution in [2.45, 2.75) is 6.04 Å². The molecule has 1 saturated heterocycles. The molecule has 1 aliphatic heterocycles.